The lowest BCUT2D eigenvalue weighted by molar-refractivity contribution is -0.0336. The first kappa shape index (κ1) is 44.5. The molecule has 332 valence electrons. The number of carbonyl (C=O) groups is 2. The Labute approximate surface area is 379 Å². The fraction of sp³-hybridized carbons (Fsp3) is 0.286. The molecule has 2 bridgehead atoms. The summed E-state index contributed by atoms with van der Waals surface area (Å²) < 4.78 is 23.3. The molecule has 1 aromatic heterocycles. The summed E-state index contributed by atoms with van der Waals surface area (Å²) in [7, 11) is 0. The number of amides is 1. The molecule has 0 unspecified atom stereocenters. The normalized spacial score (nSPS) is 17.6. The van der Waals surface area contributed by atoms with Gasteiger partial charge in [-0.2, -0.15) is 0 Å². The highest BCUT2D eigenvalue weighted by molar-refractivity contribution is 6.37. The van der Waals surface area contributed by atoms with E-state index in [9.17, 15) is 24.6 Å². The number of piperidine rings is 3. The number of aromatic nitrogens is 1. The van der Waals surface area contributed by atoms with Crippen molar-refractivity contribution in [2.45, 2.75) is 44.2 Å². The number of fused-ring (bicyclic) bond motifs is 4. The van der Waals surface area contributed by atoms with E-state index in [4.69, 9.17) is 42.1 Å². The maximum absolute atomic E-state index is 13.2. The molecule has 0 spiro atoms. The molecule has 3 aliphatic heterocycles. The summed E-state index contributed by atoms with van der Waals surface area (Å²) in [5, 5.41) is 28.3. The molecule has 1 amide bonds. The minimum atomic E-state index is -0.936. The number of rotatable bonds is 17. The third-order valence-electron chi connectivity index (χ3n) is 11.6. The van der Waals surface area contributed by atoms with Crippen LogP contribution in [-0.4, -0.2) is 77.7 Å². The molecule has 6 aromatic rings. The number of hydrogen-bond donors (Lipinski definition) is 5. The van der Waals surface area contributed by atoms with Crippen molar-refractivity contribution in [3.63, 3.8) is 0 Å². The van der Waals surface area contributed by atoms with Crippen LogP contribution in [-0.2, 0) is 22.6 Å². The summed E-state index contributed by atoms with van der Waals surface area (Å²) in [6.07, 6.45) is 0.635. The Morgan fingerprint density at radius 3 is 2.31 bits per heavy atom. The van der Waals surface area contributed by atoms with Crippen molar-refractivity contribution in [1.29, 1.82) is 0 Å². The number of H-pyrrole nitrogens is 1. The van der Waals surface area contributed by atoms with E-state index in [1.807, 2.05) is 54.6 Å². The van der Waals surface area contributed by atoms with Crippen molar-refractivity contribution >= 4 is 46.2 Å². The molecule has 9 rings (SSSR count). The molecular weight excluding hydrogens is 859 g/mol. The molecule has 3 atom stereocenters. The zero-order valence-electron chi connectivity index (χ0n) is 34.8. The number of carbonyl (C=O) groups excluding carboxylic acids is 2. The van der Waals surface area contributed by atoms with E-state index in [0.717, 1.165) is 54.7 Å². The molecule has 15 heteroatoms. The first-order valence-electron chi connectivity index (χ1n) is 21.2. The summed E-state index contributed by atoms with van der Waals surface area (Å²) >= 11 is 13.0. The van der Waals surface area contributed by atoms with Crippen LogP contribution in [0.15, 0.2) is 120 Å². The highest BCUT2D eigenvalue weighted by atomic mass is 35.5. The topological polar surface area (TPSA) is 172 Å². The fourth-order valence-corrected chi connectivity index (χ4v) is 8.89. The predicted molar refractivity (Wildman–Crippen MR) is 243 cm³/mol. The van der Waals surface area contributed by atoms with E-state index < -0.39 is 24.2 Å². The molecule has 3 saturated heterocycles. The van der Waals surface area contributed by atoms with Gasteiger partial charge in [-0.3, -0.25) is 9.69 Å². The van der Waals surface area contributed by atoms with Gasteiger partial charge >= 0.3 is 12.1 Å². The number of aromatic amines is 1. The summed E-state index contributed by atoms with van der Waals surface area (Å²) in [5.74, 6) is 0.667. The van der Waals surface area contributed by atoms with E-state index in [2.05, 4.69) is 20.5 Å². The van der Waals surface area contributed by atoms with Gasteiger partial charge in [-0.15, -0.1) is 0 Å². The van der Waals surface area contributed by atoms with Gasteiger partial charge in [-0.1, -0.05) is 83.9 Å². The average molecular weight is 908 g/mol. The van der Waals surface area contributed by atoms with E-state index in [1.165, 1.54) is 12.1 Å². The van der Waals surface area contributed by atoms with Gasteiger partial charge in [0.05, 0.1) is 33.3 Å². The van der Waals surface area contributed by atoms with E-state index in [0.29, 0.717) is 34.7 Å². The van der Waals surface area contributed by atoms with Gasteiger partial charge in [0.15, 0.2) is 5.75 Å². The van der Waals surface area contributed by atoms with Crippen molar-refractivity contribution in [2.75, 3.05) is 39.4 Å². The van der Waals surface area contributed by atoms with Crippen molar-refractivity contribution < 1.29 is 38.7 Å². The maximum Gasteiger partial charge on any atom is 0.408 e. The van der Waals surface area contributed by atoms with Crippen molar-refractivity contribution in [3.8, 4) is 17.2 Å². The number of nitrogens with zero attached hydrogens (tertiary/aromatic N) is 1. The summed E-state index contributed by atoms with van der Waals surface area (Å²) in [5.41, 5.74) is 4.15. The van der Waals surface area contributed by atoms with Gasteiger partial charge in [-0.25, -0.2) is 9.59 Å². The number of alkyl carbamates (subject to hydrolysis) is 1. The number of aromatic hydroxyl groups is 1. The minimum absolute atomic E-state index is 0.00731. The van der Waals surface area contributed by atoms with Crippen molar-refractivity contribution in [3.05, 3.63) is 169 Å². The van der Waals surface area contributed by atoms with E-state index >= 15 is 0 Å². The lowest BCUT2D eigenvalue weighted by Crippen LogP contribution is -2.52. The molecule has 13 nitrogen and oxygen atoms in total. The number of aliphatic hydroxyl groups excluding tert-OH is 1. The van der Waals surface area contributed by atoms with Crippen molar-refractivity contribution in [2.24, 2.45) is 5.92 Å². The summed E-state index contributed by atoms with van der Waals surface area (Å²) in [6.45, 7) is 3.61. The molecule has 3 aliphatic rings. The van der Waals surface area contributed by atoms with Crippen LogP contribution in [0.3, 0.4) is 0 Å². The lowest BCUT2D eigenvalue weighted by atomic mass is 9.86. The second-order valence-electron chi connectivity index (χ2n) is 15.9. The van der Waals surface area contributed by atoms with Crippen LogP contribution in [0.5, 0.6) is 17.2 Å². The minimum Gasteiger partial charge on any atom is -0.506 e. The molecule has 5 aromatic carbocycles. The third kappa shape index (κ3) is 11.0. The summed E-state index contributed by atoms with van der Waals surface area (Å²) in [6, 6.07) is 33.2. The number of pyridine rings is 1. The van der Waals surface area contributed by atoms with Gasteiger partial charge in [0, 0.05) is 31.1 Å². The Morgan fingerprint density at radius 1 is 0.828 bits per heavy atom. The molecule has 3 fully saturated rings. The number of nitrogens with one attached hydrogen (secondary N) is 3. The molecule has 64 heavy (non-hydrogen) atoms. The van der Waals surface area contributed by atoms with Gasteiger partial charge in [0.1, 0.15) is 37.4 Å². The Bertz CT molecular complexity index is 2620. The number of esters is 1. The molecule has 0 saturated carbocycles. The molecule has 4 heterocycles. The van der Waals surface area contributed by atoms with Gasteiger partial charge in [0.25, 0.3) is 0 Å². The SMILES string of the molecule is O=C(N[C@@H](c1ccccc1)c1cccc(OCc2ccc(C(=O)OCCOc3c(Cl)cc(CNC[C@H](O)c4ccc(O)c5[nH]c(=O)ccc45)cc3Cl)cc2)c1)O[C@H]1CN2CCC1CC2. The predicted octanol–water partition coefficient (Wildman–Crippen LogP) is 8.09. The van der Waals surface area contributed by atoms with Crippen LogP contribution in [0, 0.1) is 5.92 Å². The van der Waals surface area contributed by atoms with Gasteiger partial charge < -0.3 is 44.8 Å². The Balaban J connectivity index is 0.785. The van der Waals surface area contributed by atoms with Crippen molar-refractivity contribution in [1.82, 2.24) is 20.5 Å². The number of halogens is 2. The second kappa shape index (κ2) is 20.6. The third-order valence-corrected chi connectivity index (χ3v) is 12.2. The van der Waals surface area contributed by atoms with Gasteiger partial charge in [-0.05, 0) is 108 Å². The Kier molecular flexibility index (Phi) is 14.3. The first-order valence-corrected chi connectivity index (χ1v) is 21.9. The van der Waals surface area contributed by atoms with E-state index in [1.54, 1.807) is 48.5 Å². The number of benzene rings is 5. The van der Waals surface area contributed by atoms with Crippen LogP contribution >= 0.6 is 23.2 Å². The molecule has 0 radical (unpaired) electrons. The number of phenolic OH excluding ortho intramolecular Hbond substituents is 1. The smallest absolute Gasteiger partial charge is 0.408 e. The zero-order valence-corrected chi connectivity index (χ0v) is 36.3. The highest BCUT2D eigenvalue weighted by Crippen LogP contribution is 2.35. The molecule has 5 N–H and O–H groups in total. The van der Waals surface area contributed by atoms with Crippen LogP contribution in [0.2, 0.25) is 10.0 Å². The number of ether oxygens (including phenoxy) is 4. The average Bonchev–Trinajstić information content (AvgIpc) is 3.30. The Hall–Kier alpha value is -6.09. The van der Waals surface area contributed by atoms with Crippen LogP contribution in [0.4, 0.5) is 4.79 Å². The highest BCUT2D eigenvalue weighted by Gasteiger charge is 2.37. The van der Waals surface area contributed by atoms with Crippen LogP contribution in [0.25, 0.3) is 10.9 Å². The summed E-state index contributed by atoms with van der Waals surface area (Å²) in [4.78, 5) is 42.8. The quantitative estimate of drug-likeness (QED) is 0.0443. The Morgan fingerprint density at radius 2 is 1.58 bits per heavy atom. The van der Waals surface area contributed by atoms with E-state index in [-0.39, 0.29) is 65.1 Å². The van der Waals surface area contributed by atoms with Crippen LogP contribution < -0.4 is 25.7 Å². The lowest BCUT2D eigenvalue weighted by Gasteiger charge is -2.43. The zero-order chi connectivity index (χ0) is 44.6. The number of aliphatic hydroxyl groups is 1. The number of phenols is 1. The number of hydrogen-bond acceptors (Lipinski definition) is 11. The van der Waals surface area contributed by atoms with Gasteiger partial charge in [0.2, 0.25) is 5.56 Å². The molecular formula is C49H48Cl2N4O9. The molecule has 0 aliphatic carbocycles. The first-order chi connectivity index (χ1) is 31.1. The second-order valence-corrected chi connectivity index (χ2v) is 16.7. The monoisotopic (exact) mass is 906 g/mol. The fourth-order valence-electron chi connectivity index (χ4n) is 8.25. The standard InChI is InChI=1S/C49H48Cl2N4O9/c50-39-23-31(26-52-27-42(57)37-13-15-41(56)46-38(37)14-16-44(58)53-46)24-40(51)47(39)61-21-22-62-48(59)34-11-9-30(10-12-34)29-63-36-8-4-7-35(25-36)45(33-5-2-1-3-6-33)54-49(60)64-43-28-55-19-17-32(43)18-20-55/h1-16,23-25,32,42-43,45,52,56-57H,17-22,26-29H2,(H,53,58)(H,54,60)/t42-,43-,45-/m0/s1. The largest absolute Gasteiger partial charge is 0.506 e. The maximum atomic E-state index is 13.2. The van der Waals surface area contributed by atoms with Crippen LogP contribution in [0.1, 0.15) is 63.2 Å².